The zero-order valence-electron chi connectivity index (χ0n) is 12.1. The van der Waals surface area contributed by atoms with Crippen LogP contribution >= 0.6 is 11.3 Å². The third-order valence-electron chi connectivity index (χ3n) is 3.59. The van der Waals surface area contributed by atoms with E-state index in [9.17, 15) is 0 Å². The molecule has 3 rings (SSSR count). The van der Waals surface area contributed by atoms with E-state index in [1.54, 1.807) is 6.33 Å². The first-order chi connectivity index (χ1) is 10.4. The minimum atomic E-state index is 0.242. The Kier molecular flexibility index (Phi) is 4.58. The van der Waals surface area contributed by atoms with Gasteiger partial charge in [-0.25, -0.2) is 9.97 Å². The van der Waals surface area contributed by atoms with Crippen LogP contribution in [-0.4, -0.2) is 16.5 Å². The molecular weight excluding hydrogens is 278 g/mol. The lowest BCUT2D eigenvalue weighted by atomic mass is 10.0. The molecule has 4 heteroatoms. The van der Waals surface area contributed by atoms with Gasteiger partial charge in [-0.2, -0.15) is 0 Å². The summed E-state index contributed by atoms with van der Waals surface area (Å²) in [5, 5.41) is 7.23. The average molecular weight is 297 g/mol. The number of aromatic nitrogens is 2. The van der Waals surface area contributed by atoms with Crippen LogP contribution in [0.3, 0.4) is 0 Å². The summed E-state index contributed by atoms with van der Waals surface area (Å²) in [7, 11) is 0. The maximum Gasteiger partial charge on any atom is 0.115 e. The van der Waals surface area contributed by atoms with E-state index in [0.29, 0.717) is 0 Å². The van der Waals surface area contributed by atoms with Crippen LogP contribution in [0.1, 0.15) is 30.6 Å². The minimum Gasteiger partial charge on any atom is -0.308 e. The smallest absolute Gasteiger partial charge is 0.115 e. The zero-order valence-corrected chi connectivity index (χ0v) is 12.9. The number of benzene rings is 1. The maximum atomic E-state index is 4.42. The fraction of sp³-hybridized carbons (Fsp3) is 0.294. The molecule has 1 unspecified atom stereocenters. The van der Waals surface area contributed by atoms with Gasteiger partial charge in [0.2, 0.25) is 0 Å². The van der Waals surface area contributed by atoms with Gasteiger partial charge in [0.25, 0.3) is 0 Å². The van der Waals surface area contributed by atoms with Gasteiger partial charge >= 0.3 is 0 Å². The molecule has 0 amide bonds. The van der Waals surface area contributed by atoms with Crippen LogP contribution in [0, 0.1) is 0 Å². The second kappa shape index (κ2) is 6.78. The van der Waals surface area contributed by atoms with Crippen molar-refractivity contribution in [3.63, 3.8) is 0 Å². The van der Waals surface area contributed by atoms with Crippen molar-refractivity contribution in [3.8, 4) is 0 Å². The molecule has 1 aromatic carbocycles. The normalized spacial score (nSPS) is 12.6. The Bertz CT molecular complexity index is 693. The van der Waals surface area contributed by atoms with E-state index >= 15 is 0 Å². The van der Waals surface area contributed by atoms with E-state index in [2.05, 4.69) is 51.9 Å². The van der Waals surface area contributed by atoms with Gasteiger partial charge in [-0.05, 0) is 47.8 Å². The first-order valence-corrected chi connectivity index (χ1v) is 8.21. The Morgan fingerprint density at radius 3 is 2.95 bits per heavy atom. The van der Waals surface area contributed by atoms with Crippen molar-refractivity contribution in [1.29, 1.82) is 0 Å². The Morgan fingerprint density at radius 2 is 2.14 bits per heavy atom. The van der Waals surface area contributed by atoms with Crippen LogP contribution in [0.2, 0.25) is 0 Å². The van der Waals surface area contributed by atoms with Crippen LogP contribution in [-0.2, 0) is 6.42 Å². The molecule has 0 fully saturated rings. The van der Waals surface area contributed by atoms with E-state index in [0.717, 1.165) is 25.1 Å². The summed E-state index contributed by atoms with van der Waals surface area (Å²) >= 11 is 1.81. The fourth-order valence-corrected chi connectivity index (χ4v) is 3.49. The second-order valence-corrected chi connectivity index (χ2v) is 6.01. The van der Waals surface area contributed by atoms with Crippen molar-refractivity contribution in [2.75, 3.05) is 6.54 Å². The van der Waals surface area contributed by atoms with Crippen molar-refractivity contribution in [2.24, 2.45) is 0 Å². The van der Waals surface area contributed by atoms with Gasteiger partial charge in [0.1, 0.15) is 6.33 Å². The first kappa shape index (κ1) is 14.2. The summed E-state index contributed by atoms with van der Waals surface area (Å²) in [5.74, 6) is 0. The van der Waals surface area contributed by atoms with Gasteiger partial charge in [0.05, 0.1) is 11.7 Å². The predicted octanol–water partition coefficient (Wildman–Crippen LogP) is 3.97. The molecule has 3 aromatic rings. The third kappa shape index (κ3) is 3.28. The Hall–Kier alpha value is -1.78. The summed E-state index contributed by atoms with van der Waals surface area (Å²) in [5.41, 5.74) is 2.46. The molecule has 0 aliphatic rings. The highest BCUT2D eigenvalue weighted by atomic mass is 32.1. The maximum absolute atomic E-state index is 4.42. The number of rotatable bonds is 6. The standard InChI is InChI=1S/C17H19N3S/c1-2-8-19-16(15-7-9-18-12-20-15)10-13-11-21-17-6-4-3-5-14(13)17/h3-7,9,11-12,16,19H,2,8,10H2,1H3. The molecule has 1 N–H and O–H groups in total. The van der Waals surface area contributed by atoms with Gasteiger partial charge in [-0.1, -0.05) is 25.1 Å². The second-order valence-electron chi connectivity index (χ2n) is 5.10. The molecule has 0 aliphatic carbocycles. The molecule has 2 aromatic heterocycles. The Labute approximate surface area is 129 Å². The summed E-state index contributed by atoms with van der Waals surface area (Å²) in [6, 6.07) is 10.8. The van der Waals surface area contributed by atoms with Gasteiger partial charge in [0, 0.05) is 10.9 Å². The summed E-state index contributed by atoms with van der Waals surface area (Å²) in [4.78, 5) is 8.44. The summed E-state index contributed by atoms with van der Waals surface area (Å²) < 4.78 is 1.35. The van der Waals surface area contributed by atoms with Crippen LogP contribution in [0.5, 0.6) is 0 Å². The van der Waals surface area contributed by atoms with Gasteiger partial charge in [-0.3, -0.25) is 0 Å². The number of thiophene rings is 1. The molecule has 0 aliphatic heterocycles. The van der Waals surface area contributed by atoms with E-state index in [-0.39, 0.29) is 6.04 Å². The molecule has 3 nitrogen and oxygen atoms in total. The van der Waals surface area contributed by atoms with Crippen molar-refractivity contribution >= 4 is 21.4 Å². The highest BCUT2D eigenvalue weighted by Gasteiger charge is 2.15. The monoisotopic (exact) mass is 297 g/mol. The number of nitrogens with one attached hydrogen (secondary N) is 1. The zero-order chi connectivity index (χ0) is 14.5. The highest BCUT2D eigenvalue weighted by molar-refractivity contribution is 7.17. The van der Waals surface area contributed by atoms with Crippen LogP contribution in [0.4, 0.5) is 0 Å². The molecule has 0 saturated carbocycles. The lowest BCUT2D eigenvalue weighted by Gasteiger charge is -2.17. The van der Waals surface area contributed by atoms with Crippen molar-refractivity contribution in [1.82, 2.24) is 15.3 Å². The molecule has 0 bridgehead atoms. The number of hydrogen-bond donors (Lipinski definition) is 1. The molecule has 2 heterocycles. The van der Waals surface area contributed by atoms with Crippen LogP contribution < -0.4 is 5.32 Å². The van der Waals surface area contributed by atoms with Crippen molar-refractivity contribution in [3.05, 3.63) is 59.5 Å². The molecule has 21 heavy (non-hydrogen) atoms. The lowest BCUT2D eigenvalue weighted by molar-refractivity contribution is 0.518. The number of hydrogen-bond acceptors (Lipinski definition) is 4. The van der Waals surface area contributed by atoms with Crippen LogP contribution in [0.15, 0.2) is 48.2 Å². The first-order valence-electron chi connectivity index (χ1n) is 7.33. The van der Waals surface area contributed by atoms with Gasteiger partial charge in [-0.15, -0.1) is 11.3 Å². The molecular formula is C17H19N3S. The largest absolute Gasteiger partial charge is 0.308 e. The van der Waals surface area contributed by atoms with E-state index < -0.39 is 0 Å². The lowest BCUT2D eigenvalue weighted by Crippen LogP contribution is -2.24. The summed E-state index contributed by atoms with van der Waals surface area (Å²) in [6.45, 7) is 3.18. The predicted molar refractivity (Wildman–Crippen MR) is 88.6 cm³/mol. The Balaban J connectivity index is 1.87. The third-order valence-corrected chi connectivity index (χ3v) is 4.60. The van der Waals surface area contributed by atoms with E-state index in [1.165, 1.54) is 15.6 Å². The number of nitrogens with zero attached hydrogens (tertiary/aromatic N) is 2. The highest BCUT2D eigenvalue weighted by Crippen LogP contribution is 2.29. The number of fused-ring (bicyclic) bond motifs is 1. The molecule has 108 valence electrons. The van der Waals surface area contributed by atoms with Crippen molar-refractivity contribution in [2.45, 2.75) is 25.8 Å². The van der Waals surface area contributed by atoms with Gasteiger partial charge in [0.15, 0.2) is 0 Å². The van der Waals surface area contributed by atoms with Gasteiger partial charge < -0.3 is 5.32 Å². The molecule has 0 spiro atoms. The van der Waals surface area contributed by atoms with E-state index in [1.807, 2.05) is 23.6 Å². The van der Waals surface area contributed by atoms with E-state index in [4.69, 9.17) is 0 Å². The van der Waals surface area contributed by atoms with Crippen molar-refractivity contribution < 1.29 is 0 Å². The SMILES string of the molecule is CCCNC(Cc1csc2ccccc12)c1ccncn1. The van der Waals surface area contributed by atoms with Crippen LogP contribution in [0.25, 0.3) is 10.1 Å². The molecule has 0 radical (unpaired) electrons. The average Bonchev–Trinajstić information content (AvgIpc) is 2.95. The fourth-order valence-electron chi connectivity index (χ4n) is 2.52. The Morgan fingerprint density at radius 1 is 1.24 bits per heavy atom. The molecule has 1 atom stereocenters. The minimum absolute atomic E-state index is 0.242. The quantitative estimate of drug-likeness (QED) is 0.748. The molecule has 0 saturated heterocycles. The summed E-state index contributed by atoms with van der Waals surface area (Å²) in [6.07, 6.45) is 5.52. The topological polar surface area (TPSA) is 37.8 Å².